The predicted molar refractivity (Wildman–Crippen MR) is 77.7 cm³/mol. The molecule has 0 aliphatic heterocycles. The second kappa shape index (κ2) is 6.43. The highest BCUT2D eigenvalue weighted by Crippen LogP contribution is 2.28. The smallest absolute Gasteiger partial charge is 0.335 e. The molecule has 0 atom stereocenters. The molecule has 2 rings (SSSR count). The molecule has 0 aliphatic carbocycles. The van der Waals surface area contributed by atoms with Crippen LogP contribution in [0, 0.1) is 6.92 Å². The van der Waals surface area contributed by atoms with Crippen LogP contribution in [0.5, 0.6) is 5.88 Å². The summed E-state index contributed by atoms with van der Waals surface area (Å²) < 4.78 is 5.35. The zero-order valence-corrected chi connectivity index (χ0v) is 12.1. The molecule has 0 spiro atoms. The molecule has 4 nitrogen and oxygen atoms in total. The van der Waals surface area contributed by atoms with E-state index in [9.17, 15) is 4.79 Å². The highest BCUT2D eigenvalue weighted by atomic mass is 32.2. The van der Waals surface area contributed by atoms with Crippen molar-refractivity contribution in [3.8, 4) is 5.88 Å². The van der Waals surface area contributed by atoms with E-state index in [1.807, 2.05) is 25.1 Å². The normalized spacial score (nSPS) is 10.3. The van der Waals surface area contributed by atoms with Crippen molar-refractivity contribution in [2.24, 2.45) is 0 Å². The maximum Gasteiger partial charge on any atom is 0.335 e. The van der Waals surface area contributed by atoms with Crippen molar-refractivity contribution < 1.29 is 14.6 Å². The molecule has 20 heavy (non-hydrogen) atoms. The zero-order chi connectivity index (χ0) is 14.5. The van der Waals surface area contributed by atoms with E-state index in [1.165, 1.54) is 11.8 Å². The molecule has 0 fully saturated rings. The number of carboxylic acids is 1. The quantitative estimate of drug-likeness (QED) is 0.910. The lowest BCUT2D eigenvalue weighted by Crippen LogP contribution is -1.99. The van der Waals surface area contributed by atoms with Gasteiger partial charge in [-0.15, -0.1) is 0 Å². The van der Waals surface area contributed by atoms with Crippen LogP contribution in [0.25, 0.3) is 0 Å². The average Bonchev–Trinajstić information content (AvgIpc) is 2.41. The first-order valence-electron chi connectivity index (χ1n) is 6.22. The monoisotopic (exact) mass is 289 g/mol. The van der Waals surface area contributed by atoms with Gasteiger partial charge in [0.05, 0.1) is 12.2 Å². The van der Waals surface area contributed by atoms with Gasteiger partial charge < -0.3 is 9.84 Å². The van der Waals surface area contributed by atoms with Gasteiger partial charge in [0.1, 0.15) is 5.03 Å². The molecule has 1 N–H and O–H groups in total. The topological polar surface area (TPSA) is 59.4 Å². The number of pyridine rings is 1. The van der Waals surface area contributed by atoms with Gasteiger partial charge in [0.25, 0.3) is 0 Å². The number of nitrogens with zero attached hydrogens (tertiary/aromatic N) is 1. The van der Waals surface area contributed by atoms with E-state index in [2.05, 4.69) is 4.98 Å². The average molecular weight is 289 g/mol. The Bertz CT molecular complexity index is 628. The number of aromatic carboxylic acids is 1. The second-order valence-corrected chi connectivity index (χ2v) is 5.22. The minimum Gasteiger partial charge on any atom is -0.478 e. The minimum atomic E-state index is -0.916. The Kier molecular flexibility index (Phi) is 4.63. The van der Waals surface area contributed by atoms with Crippen molar-refractivity contribution in [3.05, 3.63) is 47.5 Å². The zero-order valence-electron chi connectivity index (χ0n) is 11.3. The van der Waals surface area contributed by atoms with Crippen molar-refractivity contribution in [3.63, 3.8) is 0 Å². The third kappa shape index (κ3) is 3.51. The third-order valence-corrected chi connectivity index (χ3v) is 3.58. The van der Waals surface area contributed by atoms with E-state index < -0.39 is 5.97 Å². The van der Waals surface area contributed by atoms with Crippen LogP contribution in [-0.2, 0) is 0 Å². The Balaban J connectivity index is 2.23. The summed E-state index contributed by atoms with van der Waals surface area (Å²) in [4.78, 5) is 16.3. The Hall–Kier alpha value is -2.01. The van der Waals surface area contributed by atoms with Crippen LogP contribution >= 0.6 is 11.8 Å². The van der Waals surface area contributed by atoms with E-state index in [-0.39, 0.29) is 0 Å². The first-order chi connectivity index (χ1) is 9.60. The molecule has 0 radical (unpaired) electrons. The Labute approximate surface area is 121 Å². The van der Waals surface area contributed by atoms with Crippen molar-refractivity contribution in [1.29, 1.82) is 0 Å². The summed E-state index contributed by atoms with van der Waals surface area (Å²) in [5.41, 5.74) is 1.06. The highest BCUT2D eigenvalue weighted by Gasteiger charge is 2.09. The molecule has 1 heterocycles. The molecule has 104 valence electrons. The summed E-state index contributed by atoms with van der Waals surface area (Å²) >= 11 is 1.41. The highest BCUT2D eigenvalue weighted by molar-refractivity contribution is 7.99. The summed E-state index contributed by atoms with van der Waals surface area (Å²) in [5.74, 6) is -0.343. The predicted octanol–water partition coefficient (Wildman–Crippen LogP) is 3.64. The first-order valence-corrected chi connectivity index (χ1v) is 7.03. The van der Waals surface area contributed by atoms with Gasteiger partial charge in [0, 0.05) is 11.0 Å². The Morgan fingerprint density at radius 2 is 2.15 bits per heavy atom. The van der Waals surface area contributed by atoms with Crippen LogP contribution in [0.15, 0.2) is 46.3 Å². The number of aromatic nitrogens is 1. The Morgan fingerprint density at radius 1 is 1.35 bits per heavy atom. The van der Waals surface area contributed by atoms with E-state index in [0.29, 0.717) is 18.1 Å². The van der Waals surface area contributed by atoms with Gasteiger partial charge in [-0.2, -0.15) is 0 Å². The van der Waals surface area contributed by atoms with Crippen LogP contribution in [0.2, 0.25) is 0 Å². The second-order valence-electron chi connectivity index (χ2n) is 4.13. The van der Waals surface area contributed by atoms with Crippen LogP contribution in [0.4, 0.5) is 0 Å². The molecule has 0 bridgehead atoms. The molecular weight excluding hydrogens is 274 g/mol. The standard InChI is InChI=1S/C15H15NO3S/c1-3-19-13-5-4-6-14(16-13)20-11-8-7-10(2)12(9-11)15(17)18/h4-9H,3H2,1-2H3,(H,17,18). The van der Waals surface area contributed by atoms with Gasteiger partial charge in [0.15, 0.2) is 0 Å². The van der Waals surface area contributed by atoms with Crippen LogP contribution in [0.3, 0.4) is 0 Å². The van der Waals surface area contributed by atoms with Crippen molar-refractivity contribution in [2.45, 2.75) is 23.8 Å². The number of aryl methyl sites for hydroxylation is 1. The van der Waals surface area contributed by atoms with Gasteiger partial charge >= 0.3 is 5.97 Å². The lowest BCUT2D eigenvalue weighted by Gasteiger charge is -2.06. The molecule has 0 unspecified atom stereocenters. The van der Waals surface area contributed by atoms with Crippen LogP contribution < -0.4 is 4.74 Å². The molecule has 0 saturated carbocycles. The molecule has 0 amide bonds. The fourth-order valence-corrected chi connectivity index (χ4v) is 2.53. The maximum absolute atomic E-state index is 11.1. The van der Waals surface area contributed by atoms with Gasteiger partial charge in [-0.1, -0.05) is 23.9 Å². The summed E-state index contributed by atoms with van der Waals surface area (Å²) in [6.07, 6.45) is 0. The fraction of sp³-hybridized carbons (Fsp3) is 0.200. The fourth-order valence-electron chi connectivity index (χ4n) is 1.70. The first kappa shape index (κ1) is 14.4. The van der Waals surface area contributed by atoms with Crippen LogP contribution in [-0.4, -0.2) is 22.7 Å². The number of carboxylic acid groups (broad SMARTS) is 1. The van der Waals surface area contributed by atoms with Crippen LogP contribution in [0.1, 0.15) is 22.8 Å². The molecule has 1 aromatic carbocycles. The molecular formula is C15H15NO3S. The molecule has 0 saturated heterocycles. The third-order valence-electron chi connectivity index (χ3n) is 2.65. The number of rotatable bonds is 5. The SMILES string of the molecule is CCOc1cccc(Sc2ccc(C)c(C(=O)O)c2)n1. The molecule has 2 aromatic rings. The molecule has 0 aliphatic rings. The maximum atomic E-state index is 11.1. The number of hydrogen-bond acceptors (Lipinski definition) is 4. The summed E-state index contributed by atoms with van der Waals surface area (Å²) in [7, 11) is 0. The van der Waals surface area contributed by atoms with E-state index in [4.69, 9.17) is 9.84 Å². The van der Waals surface area contributed by atoms with Gasteiger partial charge in [0.2, 0.25) is 5.88 Å². The summed E-state index contributed by atoms with van der Waals surface area (Å²) in [5, 5.41) is 9.90. The summed E-state index contributed by atoms with van der Waals surface area (Å²) in [6.45, 7) is 4.25. The van der Waals surface area contributed by atoms with E-state index in [1.54, 1.807) is 25.1 Å². The molecule has 1 aromatic heterocycles. The number of hydrogen-bond donors (Lipinski definition) is 1. The minimum absolute atomic E-state index is 0.316. The lowest BCUT2D eigenvalue weighted by atomic mass is 10.1. The number of carbonyl (C=O) groups is 1. The largest absolute Gasteiger partial charge is 0.478 e. The number of ether oxygens (including phenoxy) is 1. The van der Waals surface area contributed by atoms with Crippen molar-refractivity contribution in [2.75, 3.05) is 6.61 Å². The van der Waals surface area contributed by atoms with E-state index >= 15 is 0 Å². The summed E-state index contributed by atoms with van der Waals surface area (Å²) in [6, 6.07) is 10.9. The lowest BCUT2D eigenvalue weighted by molar-refractivity contribution is 0.0696. The van der Waals surface area contributed by atoms with Gasteiger partial charge in [-0.3, -0.25) is 0 Å². The van der Waals surface area contributed by atoms with Gasteiger partial charge in [-0.25, -0.2) is 9.78 Å². The van der Waals surface area contributed by atoms with Crippen molar-refractivity contribution >= 4 is 17.7 Å². The molecule has 5 heteroatoms. The van der Waals surface area contributed by atoms with Crippen molar-refractivity contribution in [1.82, 2.24) is 4.98 Å². The number of benzene rings is 1. The van der Waals surface area contributed by atoms with Gasteiger partial charge in [-0.05, 0) is 37.6 Å². The Morgan fingerprint density at radius 3 is 2.85 bits per heavy atom. The van der Waals surface area contributed by atoms with E-state index in [0.717, 1.165) is 15.5 Å².